The molecule has 108 valence electrons. The Morgan fingerprint density at radius 1 is 1.24 bits per heavy atom. The topological polar surface area (TPSA) is 72.2 Å². The summed E-state index contributed by atoms with van der Waals surface area (Å²) in [5.74, 6) is -0.304. The van der Waals surface area contributed by atoms with Crippen molar-refractivity contribution in [3.63, 3.8) is 0 Å². The summed E-state index contributed by atoms with van der Waals surface area (Å²) in [5, 5.41) is 13.9. The van der Waals surface area contributed by atoms with Gasteiger partial charge >= 0.3 is 0 Å². The number of nitrogens with zero attached hydrogens (tertiary/aromatic N) is 1. The van der Waals surface area contributed by atoms with Gasteiger partial charge in [-0.15, -0.1) is 0 Å². The third-order valence-electron chi connectivity index (χ3n) is 2.99. The van der Waals surface area contributed by atoms with Crippen molar-refractivity contribution in [1.29, 1.82) is 0 Å². The fourth-order valence-corrected chi connectivity index (χ4v) is 2.11. The van der Waals surface area contributed by atoms with Gasteiger partial charge in [-0.2, -0.15) is 0 Å². The standard InChI is InChI=1S/C15H13ClN2O3/c1-10-2-3-12(14(16)8-10)9-17-15(19)11-4-6-13(7-5-11)18(20)21/h2-8H,9H2,1H3,(H,17,19). The SMILES string of the molecule is Cc1ccc(CNC(=O)c2ccc([N+](=O)[O-])cc2)c(Cl)c1. The molecule has 1 amide bonds. The summed E-state index contributed by atoms with van der Waals surface area (Å²) in [6, 6.07) is 11.0. The molecule has 0 bridgehead atoms. The van der Waals surface area contributed by atoms with Gasteiger partial charge in [0.05, 0.1) is 4.92 Å². The minimum Gasteiger partial charge on any atom is -0.348 e. The maximum absolute atomic E-state index is 12.0. The number of hydrogen-bond acceptors (Lipinski definition) is 3. The molecule has 0 fully saturated rings. The highest BCUT2D eigenvalue weighted by Crippen LogP contribution is 2.17. The zero-order valence-electron chi connectivity index (χ0n) is 11.3. The summed E-state index contributed by atoms with van der Waals surface area (Å²) >= 11 is 6.09. The Balaban J connectivity index is 2.02. The Morgan fingerprint density at radius 3 is 2.48 bits per heavy atom. The Labute approximate surface area is 126 Å². The van der Waals surface area contributed by atoms with Crippen LogP contribution in [0.3, 0.4) is 0 Å². The highest BCUT2D eigenvalue weighted by Gasteiger charge is 2.10. The van der Waals surface area contributed by atoms with Crippen molar-refractivity contribution in [3.05, 3.63) is 74.3 Å². The number of carbonyl (C=O) groups is 1. The Bertz CT molecular complexity index is 684. The summed E-state index contributed by atoms with van der Waals surface area (Å²) < 4.78 is 0. The van der Waals surface area contributed by atoms with Gasteiger partial charge in [-0.25, -0.2) is 0 Å². The monoisotopic (exact) mass is 304 g/mol. The van der Waals surface area contributed by atoms with E-state index in [4.69, 9.17) is 11.6 Å². The normalized spacial score (nSPS) is 10.2. The minimum atomic E-state index is -0.506. The van der Waals surface area contributed by atoms with Crippen LogP contribution in [0.2, 0.25) is 5.02 Å². The first-order valence-corrected chi connectivity index (χ1v) is 6.63. The molecular weight excluding hydrogens is 292 g/mol. The third kappa shape index (κ3) is 3.79. The lowest BCUT2D eigenvalue weighted by molar-refractivity contribution is -0.384. The van der Waals surface area contributed by atoms with E-state index in [0.717, 1.165) is 11.1 Å². The number of nitro benzene ring substituents is 1. The van der Waals surface area contributed by atoms with Crippen molar-refractivity contribution >= 4 is 23.2 Å². The number of amides is 1. The molecule has 2 rings (SSSR count). The summed E-state index contributed by atoms with van der Waals surface area (Å²) in [6.07, 6.45) is 0. The van der Waals surface area contributed by atoms with Crippen LogP contribution in [0.4, 0.5) is 5.69 Å². The summed E-state index contributed by atoms with van der Waals surface area (Å²) in [5.41, 5.74) is 2.18. The molecule has 0 spiro atoms. The van der Waals surface area contributed by atoms with Crippen molar-refractivity contribution in [1.82, 2.24) is 5.32 Å². The maximum atomic E-state index is 12.0. The molecule has 5 nitrogen and oxygen atoms in total. The van der Waals surface area contributed by atoms with Gasteiger partial charge in [0.2, 0.25) is 0 Å². The maximum Gasteiger partial charge on any atom is 0.269 e. The van der Waals surface area contributed by atoms with E-state index in [1.807, 2.05) is 25.1 Å². The van der Waals surface area contributed by atoms with Crippen molar-refractivity contribution < 1.29 is 9.72 Å². The van der Waals surface area contributed by atoms with Gasteiger partial charge in [0.25, 0.3) is 11.6 Å². The lowest BCUT2D eigenvalue weighted by Crippen LogP contribution is -2.22. The van der Waals surface area contributed by atoms with Crippen LogP contribution in [0, 0.1) is 17.0 Å². The zero-order valence-corrected chi connectivity index (χ0v) is 12.1. The van der Waals surface area contributed by atoms with Gasteiger partial charge in [-0.1, -0.05) is 23.7 Å². The van der Waals surface area contributed by atoms with Crippen LogP contribution in [-0.2, 0) is 6.54 Å². The number of hydrogen-bond donors (Lipinski definition) is 1. The van der Waals surface area contributed by atoms with Crippen LogP contribution in [0.5, 0.6) is 0 Å². The predicted octanol–water partition coefficient (Wildman–Crippen LogP) is 3.49. The molecule has 0 saturated heterocycles. The molecule has 1 N–H and O–H groups in total. The summed E-state index contributed by atoms with van der Waals surface area (Å²) in [7, 11) is 0. The Morgan fingerprint density at radius 2 is 1.90 bits per heavy atom. The summed E-state index contributed by atoms with van der Waals surface area (Å²) in [6.45, 7) is 2.24. The number of nitro groups is 1. The highest BCUT2D eigenvalue weighted by molar-refractivity contribution is 6.31. The van der Waals surface area contributed by atoms with E-state index < -0.39 is 4.92 Å². The number of carbonyl (C=O) groups excluding carboxylic acids is 1. The molecule has 0 aliphatic carbocycles. The number of rotatable bonds is 4. The Hall–Kier alpha value is -2.40. The van der Waals surface area contributed by atoms with Gasteiger partial charge in [-0.05, 0) is 36.2 Å². The molecule has 0 radical (unpaired) electrons. The van der Waals surface area contributed by atoms with Gasteiger partial charge < -0.3 is 5.32 Å². The average molecular weight is 305 g/mol. The molecule has 2 aromatic rings. The lowest BCUT2D eigenvalue weighted by Gasteiger charge is -2.07. The molecule has 0 heterocycles. The van der Waals surface area contributed by atoms with E-state index in [2.05, 4.69) is 5.32 Å². The quantitative estimate of drug-likeness (QED) is 0.694. The second-order valence-corrected chi connectivity index (χ2v) is 4.99. The van der Waals surface area contributed by atoms with Crippen molar-refractivity contribution in [2.45, 2.75) is 13.5 Å². The number of nitrogens with one attached hydrogen (secondary N) is 1. The van der Waals surface area contributed by atoms with Crippen LogP contribution in [0.25, 0.3) is 0 Å². The first-order valence-electron chi connectivity index (χ1n) is 6.25. The van der Waals surface area contributed by atoms with Crippen molar-refractivity contribution in [2.24, 2.45) is 0 Å². The van der Waals surface area contributed by atoms with E-state index in [-0.39, 0.29) is 11.6 Å². The molecular formula is C15H13ClN2O3. The largest absolute Gasteiger partial charge is 0.348 e. The van der Waals surface area contributed by atoms with Crippen molar-refractivity contribution in [3.8, 4) is 0 Å². The molecule has 21 heavy (non-hydrogen) atoms. The van der Waals surface area contributed by atoms with Crippen molar-refractivity contribution in [2.75, 3.05) is 0 Å². The third-order valence-corrected chi connectivity index (χ3v) is 3.34. The van der Waals surface area contributed by atoms with Crippen LogP contribution >= 0.6 is 11.6 Å². The molecule has 6 heteroatoms. The van der Waals surface area contributed by atoms with Crippen LogP contribution < -0.4 is 5.32 Å². The zero-order chi connectivity index (χ0) is 15.4. The predicted molar refractivity (Wildman–Crippen MR) is 80.5 cm³/mol. The Kier molecular flexibility index (Phi) is 4.55. The van der Waals surface area contributed by atoms with Crippen LogP contribution in [0.15, 0.2) is 42.5 Å². The summed E-state index contributed by atoms with van der Waals surface area (Å²) in [4.78, 5) is 22.0. The number of halogens is 1. The fourth-order valence-electron chi connectivity index (χ4n) is 1.81. The molecule has 0 aliphatic heterocycles. The van der Waals surface area contributed by atoms with Gasteiger partial charge in [0, 0.05) is 29.3 Å². The molecule has 0 aliphatic rings. The van der Waals surface area contributed by atoms with Gasteiger partial charge in [-0.3, -0.25) is 14.9 Å². The van der Waals surface area contributed by atoms with E-state index in [9.17, 15) is 14.9 Å². The second-order valence-electron chi connectivity index (χ2n) is 4.58. The number of benzene rings is 2. The van der Waals surface area contributed by atoms with E-state index in [1.165, 1.54) is 24.3 Å². The van der Waals surface area contributed by atoms with Crippen LogP contribution in [0.1, 0.15) is 21.5 Å². The second kappa shape index (κ2) is 6.37. The number of aryl methyl sites for hydroxylation is 1. The number of non-ortho nitro benzene ring substituents is 1. The first-order chi connectivity index (χ1) is 9.97. The minimum absolute atomic E-state index is 0.0480. The molecule has 0 atom stereocenters. The smallest absolute Gasteiger partial charge is 0.269 e. The van der Waals surface area contributed by atoms with Crippen LogP contribution in [-0.4, -0.2) is 10.8 Å². The highest BCUT2D eigenvalue weighted by atomic mass is 35.5. The molecule has 2 aromatic carbocycles. The van der Waals surface area contributed by atoms with E-state index in [0.29, 0.717) is 17.1 Å². The first kappa shape index (κ1) is 15.0. The fraction of sp³-hybridized carbons (Fsp3) is 0.133. The van der Waals surface area contributed by atoms with Gasteiger partial charge in [0.1, 0.15) is 0 Å². The van der Waals surface area contributed by atoms with E-state index >= 15 is 0 Å². The molecule has 0 saturated carbocycles. The lowest BCUT2D eigenvalue weighted by atomic mass is 10.1. The molecule has 0 aromatic heterocycles. The van der Waals surface area contributed by atoms with Gasteiger partial charge in [0.15, 0.2) is 0 Å². The average Bonchev–Trinajstić information content (AvgIpc) is 2.46. The molecule has 0 unspecified atom stereocenters. The van der Waals surface area contributed by atoms with E-state index in [1.54, 1.807) is 0 Å².